The molecule has 364 valence electrons. The van der Waals surface area contributed by atoms with Crippen LogP contribution in [0.2, 0.25) is 0 Å². The number of aliphatic hydroxyl groups excluding tert-OH is 3. The Morgan fingerprint density at radius 1 is 0.410 bits per heavy atom. The van der Waals surface area contributed by atoms with E-state index in [-0.39, 0.29) is 18.9 Å². The molecule has 0 aliphatic carbocycles. The summed E-state index contributed by atoms with van der Waals surface area (Å²) in [6, 6.07) is -0.740. The summed E-state index contributed by atoms with van der Waals surface area (Å²) in [5, 5.41) is 33.4. The SMILES string of the molecule is CCCCCCCCCCCCCCC/C=C/C(O)C(CO)NC(=O)CC(O)CCCCCCCCCCCCCCCCCCCCCCCCCCCCCCCCC. The largest absolute Gasteiger partial charge is 0.394 e. The molecular formula is C56H111NO4. The second kappa shape index (κ2) is 51.7. The first-order chi connectivity index (χ1) is 30.0. The molecule has 0 aromatic heterocycles. The number of hydrogen-bond donors (Lipinski definition) is 4. The van der Waals surface area contributed by atoms with Crippen LogP contribution in [0.5, 0.6) is 0 Å². The van der Waals surface area contributed by atoms with Crippen LogP contribution in [0.15, 0.2) is 12.2 Å². The first-order valence-electron chi connectivity index (χ1n) is 28.0. The Hall–Kier alpha value is -0.910. The summed E-state index contributed by atoms with van der Waals surface area (Å²) in [5.41, 5.74) is 0. The highest BCUT2D eigenvalue weighted by Crippen LogP contribution is 2.18. The van der Waals surface area contributed by atoms with E-state index in [1.807, 2.05) is 6.08 Å². The van der Waals surface area contributed by atoms with Crippen LogP contribution in [0.3, 0.4) is 0 Å². The van der Waals surface area contributed by atoms with Gasteiger partial charge in [0.25, 0.3) is 0 Å². The number of rotatable bonds is 52. The zero-order chi connectivity index (χ0) is 44.4. The van der Waals surface area contributed by atoms with E-state index in [2.05, 4.69) is 19.2 Å². The van der Waals surface area contributed by atoms with Crippen molar-refractivity contribution in [2.45, 2.75) is 334 Å². The van der Waals surface area contributed by atoms with Crippen LogP contribution >= 0.6 is 0 Å². The van der Waals surface area contributed by atoms with Gasteiger partial charge in [0.1, 0.15) is 0 Å². The summed E-state index contributed by atoms with van der Waals surface area (Å²) < 4.78 is 0. The number of carbonyl (C=O) groups is 1. The maximum absolute atomic E-state index is 12.5. The van der Waals surface area contributed by atoms with Gasteiger partial charge < -0.3 is 20.6 Å². The number of aliphatic hydroxyl groups is 3. The van der Waals surface area contributed by atoms with Gasteiger partial charge in [0, 0.05) is 0 Å². The van der Waals surface area contributed by atoms with Gasteiger partial charge in [-0.25, -0.2) is 0 Å². The van der Waals surface area contributed by atoms with E-state index in [4.69, 9.17) is 0 Å². The van der Waals surface area contributed by atoms with Gasteiger partial charge in [-0.1, -0.05) is 302 Å². The van der Waals surface area contributed by atoms with Gasteiger partial charge in [0.15, 0.2) is 0 Å². The Morgan fingerprint density at radius 2 is 0.672 bits per heavy atom. The van der Waals surface area contributed by atoms with Crippen LogP contribution in [0, 0.1) is 0 Å². The summed E-state index contributed by atoms with van der Waals surface area (Å²) in [4.78, 5) is 12.5. The zero-order valence-corrected chi connectivity index (χ0v) is 41.6. The molecule has 0 aliphatic heterocycles. The van der Waals surface area contributed by atoms with Crippen molar-refractivity contribution in [1.82, 2.24) is 5.32 Å². The highest BCUT2D eigenvalue weighted by atomic mass is 16.3. The van der Waals surface area contributed by atoms with Crippen LogP contribution in [-0.2, 0) is 4.79 Å². The zero-order valence-electron chi connectivity index (χ0n) is 41.6. The van der Waals surface area contributed by atoms with Crippen molar-refractivity contribution < 1.29 is 20.1 Å². The molecule has 5 heteroatoms. The number of allylic oxidation sites excluding steroid dienone is 1. The Bertz CT molecular complexity index is 864. The van der Waals surface area contributed by atoms with E-state index < -0.39 is 18.2 Å². The Labute approximate surface area is 382 Å². The van der Waals surface area contributed by atoms with Crippen LogP contribution in [0.4, 0.5) is 0 Å². The van der Waals surface area contributed by atoms with Gasteiger partial charge >= 0.3 is 0 Å². The molecule has 0 bridgehead atoms. The molecule has 0 fully saturated rings. The quantitative estimate of drug-likeness (QED) is 0.0362. The van der Waals surface area contributed by atoms with Gasteiger partial charge in [0.05, 0.1) is 31.3 Å². The summed E-state index contributed by atoms with van der Waals surface area (Å²) in [7, 11) is 0. The maximum Gasteiger partial charge on any atom is 0.222 e. The van der Waals surface area contributed by atoms with Crippen molar-refractivity contribution in [2.75, 3.05) is 6.61 Å². The van der Waals surface area contributed by atoms with Gasteiger partial charge in [-0.05, 0) is 19.3 Å². The third kappa shape index (κ3) is 48.4. The first kappa shape index (κ1) is 60.1. The summed E-state index contributed by atoms with van der Waals surface area (Å²) in [6.45, 7) is 4.25. The topological polar surface area (TPSA) is 89.8 Å². The standard InChI is InChI=1S/C56H111NO4/c1-3-5-7-9-11-13-15-17-19-20-21-22-23-24-25-26-27-28-29-30-31-32-33-34-36-37-39-41-43-45-47-49-53(59)51-56(61)57-54(52-58)55(60)50-48-46-44-42-40-38-35-18-16-14-12-10-8-6-4-2/h48,50,53-55,58-60H,3-47,49,51-52H2,1-2H3,(H,57,61)/b50-48+. The van der Waals surface area contributed by atoms with Crippen molar-refractivity contribution in [3.8, 4) is 0 Å². The molecule has 1 amide bonds. The maximum atomic E-state index is 12.5. The van der Waals surface area contributed by atoms with E-state index in [9.17, 15) is 20.1 Å². The lowest BCUT2D eigenvalue weighted by atomic mass is 10.0. The monoisotopic (exact) mass is 862 g/mol. The molecule has 0 spiro atoms. The molecule has 0 saturated heterocycles. The molecule has 3 atom stereocenters. The minimum absolute atomic E-state index is 0.0193. The normalized spacial score (nSPS) is 13.3. The highest BCUT2D eigenvalue weighted by molar-refractivity contribution is 5.76. The van der Waals surface area contributed by atoms with Gasteiger partial charge in [-0.15, -0.1) is 0 Å². The molecule has 0 saturated carbocycles. The predicted molar refractivity (Wildman–Crippen MR) is 269 cm³/mol. The van der Waals surface area contributed by atoms with Gasteiger partial charge in [-0.3, -0.25) is 4.79 Å². The molecule has 0 aromatic rings. The fraction of sp³-hybridized carbons (Fsp3) is 0.946. The lowest BCUT2D eigenvalue weighted by Crippen LogP contribution is -2.45. The van der Waals surface area contributed by atoms with Crippen LogP contribution < -0.4 is 5.32 Å². The van der Waals surface area contributed by atoms with E-state index in [0.29, 0.717) is 6.42 Å². The molecule has 5 nitrogen and oxygen atoms in total. The van der Waals surface area contributed by atoms with E-state index in [1.54, 1.807) is 6.08 Å². The van der Waals surface area contributed by atoms with Crippen molar-refractivity contribution in [2.24, 2.45) is 0 Å². The smallest absolute Gasteiger partial charge is 0.222 e. The minimum Gasteiger partial charge on any atom is -0.394 e. The Balaban J connectivity index is 3.47. The lowest BCUT2D eigenvalue weighted by molar-refractivity contribution is -0.124. The van der Waals surface area contributed by atoms with Crippen LogP contribution in [-0.4, -0.2) is 46.1 Å². The van der Waals surface area contributed by atoms with E-state index in [1.165, 1.54) is 263 Å². The van der Waals surface area contributed by atoms with Crippen molar-refractivity contribution >= 4 is 5.91 Å². The minimum atomic E-state index is -0.925. The van der Waals surface area contributed by atoms with Crippen molar-refractivity contribution in [3.05, 3.63) is 12.2 Å². The summed E-state index contributed by atoms with van der Waals surface area (Å²) in [5.74, 6) is -0.309. The highest BCUT2D eigenvalue weighted by Gasteiger charge is 2.20. The van der Waals surface area contributed by atoms with E-state index >= 15 is 0 Å². The molecule has 0 radical (unpaired) electrons. The number of hydrogen-bond acceptors (Lipinski definition) is 4. The molecular weight excluding hydrogens is 751 g/mol. The average Bonchev–Trinajstić information content (AvgIpc) is 3.25. The molecule has 4 N–H and O–H groups in total. The number of carbonyl (C=O) groups excluding carboxylic acids is 1. The number of unbranched alkanes of at least 4 members (excludes halogenated alkanes) is 43. The number of amides is 1. The molecule has 61 heavy (non-hydrogen) atoms. The van der Waals surface area contributed by atoms with Crippen LogP contribution in [0.1, 0.15) is 316 Å². The number of nitrogens with one attached hydrogen (secondary N) is 1. The van der Waals surface area contributed by atoms with E-state index in [0.717, 1.165) is 25.7 Å². The van der Waals surface area contributed by atoms with Crippen LogP contribution in [0.25, 0.3) is 0 Å². The van der Waals surface area contributed by atoms with Gasteiger partial charge in [-0.2, -0.15) is 0 Å². The molecule has 0 rings (SSSR count). The fourth-order valence-electron chi connectivity index (χ4n) is 9.05. The van der Waals surface area contributed by atoms with Crippen molar-refractivity contribution in [3.63, 3.8) is 0 Å². The lowest BCUT2D eigenvalue weighted by Gasteiger charge is -2.21. The molecule has 3 unspecified atom stereocenters. The summed E-state index contributed by atoms with van der Waals surface area (Å²) in [6.07, 6.45) is 64.1. The van der Waals surface area contributed by atoms with Crippen molar-refractivity contribution in [1.29, 1.82) is 0 Å². The Morgan fingerprint density at radius 3 is 0.951 bits per heavy atom. The third-order valence-electron chi connectivity index (χ3n) is 13.3. The molecule has 0 heterocycles. The first-order valence-corrected chi connectivity index (χ1v) is 28.0. The third-order valence-corrected chi connectivity index (χ3v) is 13.3. The predicted octanol–water partition coefficient (Wildman–Crippen LogP) is 17.1. The Kier molecular flexibility index (Phi) is 51.0. The molecule has 0 aromatic carbocycles. The fourth-order valence-corrected chi connectivity index (χ4v) is 9.05. The average molecular weight is 863 g/mol. The molecule has 0 aliphatic rings. The second-order valence-electron chi connectivity index (χ2n) is 19.6. The second-order valence-corrected chi connectivity index (χ2v) is 19.6. The van der Waals surface area contributed by atoms with Gasteiger partial charge in [0.2, 0.25) is 5.91 Å². The summed E-state index contributed by atoms with van der Waals surface area (Å²) >= 11 is 0.